The van der Waals surface area contributed by atoms with Gasteiger partial charge in [-0.3, -0.25) is 4.79 Å². The lowest BCUT2D eigenvalue weighted by Gasteiger charge is -2.16. The maximum Gasteiger partial charge on any atom is 0.270 e. The number of aromatic nitrogens is 2. The quantitative estimate of drug-likeness (QED) is 0.794. The summed E-state index contributed by atoms with van der Waals surface area (Å²) in [5, 5.41) is 6.26. The Balaban J connectivity index is 1.71. The first-order chi connectivity index (χ1) is 12.7. The van der Waals surface area contributed by atoms with Crippen LogP contribution in [0.5, 0.6) is 5.75 Å². The maximum absolute atomic E-state index is 12.6. The van der Waals surface area contributed by atoms with Gasteiger partial charge in [0.1, 0.15) is 11.4 Å². The second kappa shape index (κ2) is 8.65. The van der Waals surface area contributed by atoms with Crippen LogP contribution < -0.4 is 15.4 Å². The molecule has 2 N–H and O–H groups in total. The smallest absolute Gasteiger partial charge is 0.270 e. The number of benzene rings is 1. The number of anilines is 2. The van der Waals surface area contributed by atoms with Crippen LogP contribution in [0.15, 0.2) is 30.5 Å². The Bertz CT molecular complexity index is 755. The van der Waals surface area contributed by atoms with Crippen LogP contribution in [-0.2, 0) is 0 Å². The van der Waals surface area contributed by atoms with Crippen LogP contribution in [0.4, 0.5) is 11.6 Å². The van der Waals surface area contributed by atoms with E-state index in [1.165, 1.54) is 25.7 Å². The van der Waals surface area contributed by atoms with Crippen molar-refractivity contribution in [3.63, 3.8) is 0 Å². The summed E-state index contributed by atoms with van der Waals surface area (Å²) in [6.07, 6.45) is 8.55. The van der Waals surface area contributed by atoms with E-state index in [4.69, 9.17) is 4.74 Å². The van der Waals surface area contributed by atoms with Gasteiger partial charge in [0.2, 0.25) is 5.95 Å². The van der Waals surface area contributed by atoms with Gasteiger partial charge in [-0.05, 0) is 43.5 Å². The molecule has 138 valence electrons. The molecule has 0 aliphatic heterocycles. The zero-order valence-electron chi connectivity index (χ0n) is 15.4. The molecule has 1 aliphatic rings. The zero-order valence-corrected chi connectivity index (χ0v) is 15.4. The van der Waals surface area contributed by atoms with Crippen molar-refractivity contribution in [3.8, 4) is 5.75 Å². The molecule has 6 nitrogen and oxygen atoms in total. The molecule has 1 heterocycles. The highest BCUT2D eigenvalue weighted by molar-refractivity contribution is 5.92. The summed E-state index contributed by atoms with van der Waals surface area (Å²) >= 11 is 0. The van der Waals surface area contributed by atoms with E-state index in [2.05, 4.69) is 20.6 Å². The Labute approximate surface area is 154 Å². The fourth-order valence-corrected chi connectivity index (χ4v) is 3.27. The molecule has 1 aromatic carbocycles. The van der Waals surface area contributed by atoms with E-state index in [1.807, 2.05) is 25.1 Å². The number of amides is 1. The second-order valence-corrected chi connectivity index (χ2v) is 6.76. The fraction of sp³-hybridized carbons (Fsp3) is 0.450. The summed E-state index contributed by atoms with van der Waals surface area (Å²) in [6.45, 7) is 2.00. The van der Waals surface area contributed by atoms with Crippen LogP contribution in [0, 0.1) is 6.92 Å². The first kappa shape index (κ1) is 18.2. The van der Waals surface area contributed by atoms with Gasteiger partial charge in [0.25, 0.3) is 5.91 Å². The average molecular weight is 354 g/mol. The van der Waals surface area contributed by atoms with Crippen molar-refractivity contribution in [2.45, 2.75) is 51.5 Å². The SMILES string of the molecule is COc1ccc(C)cc1Nc1nccc(C(=O)NC2CCCCCC2)n1. The Morgan fingerprint density at radius 3 is 2.65 bits per heavy atom. The third-order valence-corrected chi connectivity index (χ3v) is 4.68. The van der Waals surface area contributed by atoms with Crippen LogP contribution in [0.2, 0.25) is 0 Å². The standard InChI is InChI=1S/C20H26N4O2/c1-14-9-10-18(26-2)17(13-14)24-20-21-12-11-16(23-20)19(25)22-15-7-5-3-4-6-8-15/h9-13,15H,3-8H2,1-2H3,(H,22,25)(H,21,23,24). The maximum atomic E-state index is 12.6. The van der Waals surface area contributed by atoms with Gasteiger partial charge in [0, 0.05) is 12.2 Å². The lowest BCUT2D eigenvalue weighted by molar-refractivity contribution is 0.0928. The highest BCUT2D eigenvalue weighted by atomic mass is 16.5. The molecule has 0 saturated heterocycles. The predicted octanol–water partition coefficient (Wildman–Crippen LogP) is 3.99. The molecule has 0 bridgehead atoms. The van der Waals surface area contributed by atoms with Gasteiger partial charge in [-0.2, -0.15) is 0 Å². The first-order valence-corrected chi connectivity index (χ1v) is 9.21. The minimum Gasteiger partial charge on any atom is -0.495 e. The van der Waals surface area contributed by atoms with Gasteiger partial charge in [-0.25, -0.2) is 9.97 Å². The predicted molar refractivity (Wildman–Crippen MR) is 102 cm³/mol. The van der Waals surface area contributed by atoms with Crippen molar-refractivity contribution in [3.05, 3.63) is 41.7 Å². The topological polar surface area (TPSA) is 76.1 Å². The molecule has 26 heavy (non-hydrogen) atoms. The molecule has 2 aromatic rings. The minimum atomic E-state index is -0.140. The molecule has 6 heteroatoms. The third-order valence-electron chi connectivity index (χ3n) is 4.68. The van der Waals surface area contributed by atoms with E-state index in [0.717, 1.165) is 24.1 Å². The number of methoxy groups -OCH3 is 1. The van der Waals surface area contributed by atoms with Crippen molar-refractivity contribution in [1.82, 2.24) is 15.3 Å². The molecule has 1 aromatic heterocycles. The molecule has 3 rings (SSSR count). The van der Waals surface area contributed by atoms with Gasteiger partial charge in [-0.1, -0.05) is 31.7 Å². The van der Waals surface area contributed by atoms with Gasteiger partial charge in [-0.15, -0.1) is 0 Å². The van der Waals surface area contributed by atoms with E-state index in [0.29, 0.717) is 17.4 Å². The fourth-order valence-electron chi connectivity index (χ4n) is 3.27. The summed E-state index contributed by atoms with van der Waals surface area (Å²) in [5.41, 5.74) is 2.24. The molecule has 1 fully saturated rings. The Morgan fingerprint density at radius 2 is 1.92 bits per heavy atom. The van der Waals surface area contributed by atoms with Crippen molar-refractivity contribution in [2.24, 2.45) is 0 Å². The Morgan fingerprint density at radius 1 is 1.15 bits per heavy atom. The van der Waals surface area contributed by atoms with Gasteiger partial charge >= 0.3 is 0 Å². The second-order valence-electron chi connectivity index (χ2n) is 6.76. The molecule has 1 aliphatic carbocycles. The highest BCUT2D eigenvalue weighted by Crippen LogP contribution is 2.27. The van der Waals surface area contributed by atoms with Crippen LogP contribution in [0.25, 0.3) is 0 Å². The number of hydrogen-bond acceptors (Lipinski definition) is 5. The Hall–Kier alpha value is -2.63. The minimum absolute atomic E-state index is 0.140. The molecular weight excluding hydrogens is 328 g/mol. The van der Waals surface area contributed by atoms with Gasteiger partial charge in [0.15, 0.2) is 0 Å². The number of carbonyl (C=O) groups is 1. The van der Waals surface area contributed by atoms with Crippen molar-refractivity contribution in [2.75, 3.05) is 12.4 Å². The van der Waals surface area contributed by atoms with Crippen molar-refractivity contribution >= 4 is 17.5 Å². The monoisotopic (exact) mass is 354 g/mol. The van der Waals surface area contributed by atoms with Crippen molar-refractivity contribution < 1.29 is 9.53 Å². The van der Waals surface area contributed by atoms with E-state index >= 15 is 0 Å². The lowest BCUT2D eigenvalue weighted by Crippen LogP contribution is -2.35. The van der Waals surface area contributed by atoms with Crippen LogP contribution in [0.1, 0.15) is 54.6 Å². The largest absolute Gasteiger partial charge is 0.495 e. The number of nitrogens with one attached hydrogen (secondary N) is 2. The van der Waals surface area contributed by atoms with Crippen LogP contribution in [0.3, 0.4) is 0 Å². The molecule has 0 atom stereocenters. The third kappa shape index (κ3) is 4.71. The molecule has 0 spiro atoms. The summed E-state index contributed by atoms with van der Waals surface area (Å²) in [7, 11) is 1.62. The summed E-state index contributed by atoms with van der Waals surface area (Å²) in [4.78, 5) is 21.2. The van der Waals surface area contributed by atoms with Gasteiger partial charge < -0.3 is 15.4 Å². The molecular formula is C20H26N4O2. The zero-order chi connectivity index (χ0) is 18.4. The highest BCUT2D eigenvalue weighted by Gasteiger charge is 2.17. The summed E-state index contributed by atoms with van der Waals surface area (Å²) in [5.74, 6) is 0.938. The number of ether oxygens (including phenoxy) is 1. The van der Waals surface area contributed by atoms with E-state index in [9.17, 15) is 4.79 Å². The number of rotatable bonds is 5. The molecule has 0 unspecified atom stereocenters. The average Bonchev–Trinajstić information content (AvgIpc) is 2.91. The summed E-state index contributed by atoms with van der Waals surface area (Å²) in [6, 6.07) is 7.71. The molecule has 0 radical (unpaired) electrons. The van der Waals surface area contributed by atoms with Crippen LogP contribution in [-0.4, -0.2) is 29.0 Å². The van der Waals surface area contributed by atoms with E-state index < -0.39 is 0 Å². The normalized spacial score (nSPS) is 15.2. The number of hydrogen-bond donors (Lipinski definition) is 2. The van der Waals surface area contributed by atoms with Gasteiger partial charge in [0.05, 0.1) is 12.8 Å². The van der Waals surface area contributed by atoms with E-state index in [-0.39, 0.29) is 11.9 Å². The summed E-state index contributed by atoms with van der Waals surface area (Å²) < 4.78 is 5.37. The first-order valence-electron chi connectivity index (χ1n) is 9.21. The van der Waals surface area contributed by atoms with Crippen molar-refractivity contribution in [1.29, 1.82) is 0 Å². The number of aryl methyl sites for hydroxylation is 1. The molecule has 1 amide bonds. The lowest BCUT2D eigenvalue weighted by atomic mass is 10.1. The Kier molecular flexibility index (Phi) is 6.04. The molecule has 1 saturated carbocycles. The number of nitrogens with zero attached hydrogens (tertiary/aromatic N) is 2. The van der Waals surface area contributed by atoms with Crippen LogP contribution >= 0.6 is 0 Å². The van der Waals surface area contributed by atoms with E-state index in [1.54, 1.807) is 19.4 Å². The number of carbonyl (C=O) groups excluding carboxylic acids is 1.